The number of fused-ring (bicyclic) bond motifs is 1. The van der Waals surface area contributed by atoms with Crippen molar-refractivity contribution in [2.24, 2.45) is 0 Å². The Labute approximate surface area is 176 Å². The van der Waals surface area contributed by atoms with E-state index in [1.54, 1.807) is 0 Å². The molecule has 0 atom stereocenters. The number of unbranched alkanes of at least 4 members (excludes halogenated alkanes) is 7. The quantitative estimate of drug-likeness (QED) is 0.221. The van der Waals surface area contributed by atoms with Gasteiger partial charge in [-0.05, 0) is 37.3 Å². The van der Waals surface area contributed by atoms with Crippen molar-refractivity contribution in [1.29, 1.82) is 0 Å². The lowest BCUT2D eigenvalue weighted by Gasteiger charge is -2.17. The van der Waals surface area contributed by atoms with E-state index in [1.807, 2.05) is 0 Å². The molecule has 0 spiro atoms. The smallest absolute Gasteiger partial charge is 0.130 e. The van der Waals surface area contributed by atoms with E-state index in [4.69, 9.17) is 21.1 Å². The third-order valence-electron chi connectivity index (χ3n) is 5.19. The minimum Gasteiger partial charge on any atom is -0.493 e. The average molecular weight is 405 g/mol. The fraction of sp³-hybridized carbons (Fsp3) is 0.600. The monoisotopic (exact) mass is 404 g/mol. The zero-order valence-electron chi connectivity index (χ0n) is 17.8. The Balaban J connectivity index is 2.04. The molecule has 2 rings (SSSR count). The summed E-state index contributed by atoms with van der Waals surface area (Å²) < 4.78 is 12.5. The van der Waals surface area contributed by atoms with Crippen molar-refractivity contribution in [3.8, 4) is 11.5 Å². The molecular formula is C25H37ClO2. The normalized spacial score (nSPS) is 11.1. The van der Waals surface area contributed by atoms with Gasteiger partial charge < -0.3 is 9.47 Å². The first-order valence-corrected chi connectivity index (χ1v) is 11.7. The van der Waals surface area contributed by atoms with Crippen LogP contribution in [0.3, 0.4) is 0 Å². The zero-order valence-corrected chi connectivity index (χ0v) is 18.5. The van der Waals surface area contributed by atoms with Crippen LogP contribution in [0.4, 0.5) is 0 Å². The number of ether oxygens (including phenoxy) is 2. The SMILES string of the molecule is CCCCCCCOc1c(CC)cc(OCCCCCCCl)c2ccccc12. The van der Waals surface area contributed by atoms with Gasteiger partial charge in [0.2, 0.25) is 0 Å². The molecule has 3 heteroatoms. The maximum absolute atomic E-state index is 6.28. The van der Waals surface area contributed by atoms with E-state index in [0.717, 1.165) is 61.7 Å². The lowest BCUT2D eigenvalue weighted by atomic mass is 10.0. The van der Waals surface area contributed by atoms with Gasteiger partial charge in [0.15, 0.2) is 0 Å². The van der Waals surface area contributed by atoms with Crippen molar-refractivity contribution >= 4 is 22.4 Å². The molecule has 156 valence electrons. The summed E-state index contributed by atoms with van der Waals surface area (Å²) in [4.78, 5) is 0. The molecule has 0 amide bonds. The van der Waals surface area contributed by atoms with Crippen LogP contribution in [0, 0.1) is 0 Å². The van der Waals surface area contributed by atoms with Crippen LogP contribution in [0.15, 0.2) is 30.3 Å². The molecule has 2 aromatic rings. The molecule has 0 N–H and O–H groups in total. The Morgan fingerprint density at radius 3 is 2.07 bits per heavy atom. The second-order valence-corrected chi connectivity index (χ2v) is 7.85. The lowest BCUT2D eigenvalue weighted by molar-refractivity contribution is 0.299. The summed E-state index contributed by atoms with van der Waals surface area (Å²) >= 11 is 5.75. The van der Waals surface area contributed by atoms with E-state index in [2.05, 4.69) is 44.2 Å². The van der Waals surface area contributed by atoms with Gasteiger partial charge in [-0.2, -0.15) is 0 Å². The third-order valence-corrected chi connectivity index (χ3v) is 5.46. The molecule has 0 saturated heterocycles. The van der Waals surface area contributed by atoms with E-state index >= 15 is 0 Å². The van der Waals surface area contributed by atoms with Crippen molar-refractivity contribution in [3.63, 3.8) is 0 Å². The largest absolute Gasteiger partial charge is 0.493 e. The molecule has 0 radical (unpaired) electrons. The molecule has 2 nitrogen and oxygen atoms in total. The van der Waals surface area contributed by atoms with Gasteiger partial charge in [-0.25, -0.2) is 0 Å². The number of aryl methyl sites for hydroxylation is 1. The first-order chi connectivity index (χ1) is 13.8. The predicted octanol–water partition coefficient (Wildman–Crippen LogP) is 7.93. The van der Waals surface area contributed by atoms with Crippen LogP contribution in [0.5, 0.6) is 11.5 Å². The summed E-state index contributed by atoms with van der Waals surface area (Å²) in [5, 5.41) is 2.33. The molecule has 0 aliphatic rings. The highest BCUT2D eigenvalue weighted by Gasteiger charge is 2.13. The zero-order chi connectivity index (χ0) is 20.0. The Morgan fingerprint density at radius 2 is 1.39 bits per heavy atom. The van der Waals surface area contributed by atoms with Gasteiger partial charge in [0, 0.05) is 16.7 Å². The highest BCUT2D eigenvalue weighted by Crippen LogP contribution is 2.37. The first kappa shape index (κ1) is 22.9. The van der Waals surface area contributed by atoms with Gasteiger partial charge in [-0.3, -0.25) is 0 Å². The van der Waals surface area contributed by atoms with Crippen LogP contribution >= 0.6 is 11.6 Å². The molecule has 0 aromatic heterocycles. The summed E-state index contributed by atoms with van der Waals surface area (Å²) in [7, 11) is 0. The second-order valence-electron chi connectivity index (χ2n) is 7.48. The number of hydrogen-bond donors (Lipinski definition) is 0. The van der Waals surface area contributed by atoms with Gasteiger partial charge in [0.1, 0.15) is 11.5 Å². The average Bonchev–Trinajstić information content (AvgIpc) is 2.73. The molecule has 0 aliphatic carbocycles. The fourth-order valence-corrected chi connectivity index (χ4v) is 3.72. The lowest BCUT2D eigenvalue weighted by Crippen LogP contribution is -2.03. The minimum absolute atomic E-state index is 0.755. The molecular weight excluding hydrogens is 368 g/mol. The second kappa shape index (κ2) is 13.7. The van der Waals surface area contributed by atoms with E-state index < -0.39 is 0 Å². The first-order valence-electron chi connectivity index (χ1n) is 11.2. The number of halogens is 1. The molecule has 0 unspecified atom stereocenters. The van der Waals surface area contributed by atoms with Gasteiger partial charge in [0.05, 0.1) is 13.2 Å². The number of benzene rings is 2. The van der Waals surface area contributed by atoms with Crippen LogP contribution in [0.25, 0.3) is 10.8 Å². The van der Waals surface area contributed by atoms with Crippen molar-refractivity contribution in [2.45, 2.75) is 78.1 Å². The Bertz CT molecular complexity index is 684. The number of hydrogen-bond acceptors (Lipinski definition) is 2. The van der Waals surface area contributed by atoms with E-state index in [0.29, 0.717) is 0 Å². The molecule has 28 heavy (non-hydrogen) atoms. The molecule has 0 saturated carbocycles. The molecule has 0 bridgehead atoms. The van der Waals surface area contributed by atoms with Crippen molar-refractivity contribution in [3.05, 3.63) is 35.9 Å². The maximum Gasteiger partial charge on any atom is 0.130 e. The Kier molecular flexibility index (Phi) is 11.2. The molecule has 0 fully saturated rings. The van der Waals surface area contributed by atoms with Gasteiger partial charge in [-0.1, -0.05) is 76.6 Å². The topological polar surface area (TPSA) is 18.5 Å². The number of rotatable bonds is 15. The van der Waals surface area contributed by atoms with Crippen LogP contribution in [-0.4, -0.2) is 19.1 Å². The molecule has 2 aromatic carbocycles. The van der Waals surface area contributed by atoms with Crippen molar-refractivity contribution < 1.29 is 9.47 Å². The van der Waals surface area contributed by atoms with Crippen LogP contribution in [0.2, 0.25) is 0 Å². The summed E-state index contributed by atoms with van der Waals surface area (Å²) in [6.45, 7) is 5.99. The van der Waals surface area contributed by atoms with E-state index in [1.165, 1.54) is 49.5 Å². The maximum atomic E-state index is 6.28. The Hall–Kier alpha value is -1.41. The minimum atomic E-state index is 0.755. The van der Waals surface area contributed by atoms with Gasteiger partial charge >= 0.3 is 0 Å². The number of alkyl halides is 1. The summed E-state index contributed by atoms with van der Waals surface area (Å²) in [6, 6.07) is 10.7. The van der Waals surface area contributed by atoms with Gasteiger partial charge in [0.25, 0.3) is 0 Å². The molecule has 0 heterocycles. The van der Waals surface area contributed by atoms with Crippen molar-refractivity contribution in [2.75, 3.05) is 19.1 Å². The summed E-state index contributed by atoms with van der Waals surface area (Å²) in [6.07, 6.45) is 11.7. The van der Waals surface area contributed by atoms with Gasteiger partial charge in [-0.15, -0.1) is 11.6 Å². The predicted molar refractivity (Wildman–Crippen MR) is 122 cm³/mol. The van der Waals surface area contributed by atoms with Crippen LogP contribution < -0.4 is 9.47 Å². The van der Waals surface area contributed by atoms with Crippen molar-refractivity contribution in [1.82, 2.24) is 0 Å². The summed E-state index contributed by atoms with van der Waals surface area (Å²) in [5.41, 5.74) is 1.24. The standard InChI is InChI=1S/C25H37ClO2/c1-3-5-6-8-14-19-28-25-21(4-2)20-24(22-15-10-11-16-23(22)25)27-18-13-9-7-12-17-26/h10-11,15-16,20H,3-9,12-14,17-19H2,1-2H3. The highest BCUT2D eigenvalue weighted by molar-refractivity contribution is 6.17. The summed E-state index contributed by atoms with van der Waals surface area (Å²) in [5.74, 6) is 2.79. The van der Waals surface area contributed by atoms with E-state index in [-0.39, 0.29) is 0 Å². The molecule has 0 aliphatic heterocycles. The Morgan fingerprint density at radius 1 is 0.750 bits per heavy atom. The fourth-order valence-electron chi connectivity index (χ4n) is 3.54. The van der Waals surface area contributed by atoms with E-state index in [9.17, 15) is 0 Å². The third kappa shape index (κ3) is 7.20. The van der Waals surface area contributed by atoms with Crippen LogP contribution in [0.1, 0.15) is 77.2 Å². The highest BCUT2D eigenvalue weighted by atomic mass is 35.5. The van der Waals surface area contributed by atoms with Crippen LogP contribution in [-0.2, 0) is 6.42 Å².